The molecule has 2 rings (SSSR count). The Morgan fingerprint density at radius 1 is 1.19 bits per heavy atom. The van der Waals surface area contributed by atoms with E-state index < -0.39 is 28.3 Å². The minimum atomic E-state index is -4.70. The summed E-state index contributed by atoms with van der Waals surface area (Å²) in [4.78, 5) is 34.5. The highest BCUT2D eigenvalue weighted by Gasteiger charge is 2.33. The van der Waals surface area contributed by atoms with Crippen LogP contribution in [0.5, 0.6) is 0 Å². The molecule has 2 amide bonds. The predicted molar refractivity (Wildman–Crippen MR) is 114 cm³/mol. The molecule has 2 aromatic rings. The molecule has 11 heteroatoms. The van der Waals surface area contributed by atoms with E-state index in [1.807, 2.05) is 13.8 Å². The number of alkyl halides is 3. The quantitative estimate of drug-likeness (QED) is 0.319. The van der Waals surface area contributed by atoms with Crippen LogP contribution in [0.25, 0.3) is 0 Å². The number of benzene rings is 2. The van der Waals surface area contributed by atoms with Crippen molar-refractivity contribution in [2.24, 2.45) is 0 Å². The van der Waals surface area contributed by atoms with E-state index in [9.17, 15) is 32.9 Å². The third kappa shape index (κ3) is 7.26. The number of amides is 2. The Labute approximate surface area is 186 Å². The lowest BCUT2D eigenvalue weighted by molar-refractivity contribution is -0.388. The van der Waals surface area contributed by atoms with Crippen LogP contribution in [0.15, 0.2) is 47.4 Å². The Balaban J connectivity index is 1.96. The smallest absolute Gasteiger partial charge is 0.351 e. The maximum Gasteiger partial charge on any atom is 0.416 e. The van der Waals surface area contributed by atoms with Gasteiger partial charge in [-0.2, -0.15) is 13.2 Å². The summed E-state index contributed by atoms with van der Waals surface area (Å²) in [5.41, 5.74) is -0.708. The largest absolute Gasteiger partial charge is 0.416 e. The topological polar surface area (TPSA) is 101 Å². The maximum atomic E-state index is 12.8. The van der Waals surface area contributed by atoms with Gasteiger partial charge in [0.05, 0.1) is 21.1 Å². The van der Waals surface area contributed by atoms with E-state index in [1.54, 1.807) is 24.3 Å². The fourth-order valence-corrected chi connectivity index (χ4v) is 3.42. The lowest BCUT2D eigenvalue weighted by Gasteiger charge is -2.12. The van der Waals surface area contributed by atoms with Crippen molar-refractivity contribution in [1.29, 1.82) is 0 Å². The normalized spacial score (nSPS) is 12.2. The summed E-state index contributed by atoms with van der Waals surface area (Å²) in [5.74, 6) is -0.906. The Morgan fingerprint density at radius 3 is 2.53 bits per heavy atom. The van der Waals surface area contributed by atoms with Crippen LogP contribution in [0.3, 0.4) is 0 Å². The zero-order valence-corrected chi connectivity index (χ0v) is 18.2. The molecular weight excluding hydrogens is 447 g/mol. The van der Waals surface area contributed by atoms with Crippen LogP contribution in [0.1, 0.15) is 41.8 Å². The molecule has 0 fully saturated rings. The van der Waals surface area contributed by atoms with Crippen molar-refractivity contribution in [3.05, 3.63) is 69.3 Å². The minimum Gasteiger partial charge on any atom is -0.351 e. The van der Waals surface area contributed by atoms with E-state index in [0.717, 1.165) is 30.3 Å². The van der Waals surface area contributed by atoms with E-state index in [0.29, 0.717) is 17.2 Å². The molecule has 172 valence electrons. The number of nitrogens with zero attached hydrogens (tertiary/aromatic N) is 1. The minimum absolute atomic E-state index is 0.0251. The molecule has 0 radical (unpaired) electrons. The van der Waals surface area contributed by atoms with Crippen molar-refractivity contribution in [1.82, 2.24) is 10.6 Å². The number of thioether (sulfide) groups is 1. The monoisotopic (exact) mass is 469 g/mol. The summed E-state index contributed by atoms with van der Waals surface area (Å²) >= 11 is 0.770. The molecule has 7 nitrogen and oxygen atoms in total. The summed E-state index contributed by atoms with van der Waals surface area (Å²) in [6.07, 6.45) is -3.92. The summed E-state index contributed by atoms with van der Waals surface area (Å²) in [6, 6.07) is 8.92. The van der Waals surface area contributed by atoms with Crippen LogP contribution < -0.4 is 10.6 Å². The number of hydrogen-bond acceptors (Lipinski definition) is 5. The summed E-state index contributed by atoms with van der Waals surface area (Å²) in [6.45, 7) is 3.97. The van der Waals surface area contributed by atoms with Gasteiger partial charge in [-0.25, -0.2) is 0 Å². The molecular formula is C21H22F3N3O4S. The first-order valence-corrected chi connectivity index (χ1v) is 10.6. The number of nitrogens with one attached hydrogen (secondary N) is 2. The molecule has 0 aromatic heterocycles. The van der Waals surface area contributed by atoms with E-state index in [-0.39, 0.29) is 29.1 Å². The second-order valence-electron chi connectivity index (χ2n) is 6.99. The standard InChI is InChI=1S/C21H22F3N3O4S/c1-3-13(2)26-20(29)15-6-4-5-14(9-15)11-25-19(28)12-32-18-8-7-16(21(22,23)24)10-17(18)27(30)31/h4-10,13H,3,11-12H2,1-2H3,(H,25,28)(H,26,29). The van der Waals surface area contributed by atoms with Crippen molar-refractivity contribution in [3.8, 4) is 0 Å². The lowest BCUT2D eigenvalue weighted by atomic mass is 10.1. The van der Waals surface area contributed by atoms with Crippen molar-refractivity contribution >= 4 is 29.3 Å². The van der Waals surface area contributed by atoms with E-state index in [2.05, 4.69) is 10.6 Å². The third-order valence-electron chi connectivity index (χ3n) is 4.51. The first-order valence-electron chi connectivity index (χ1n) is 9.66. The van der Waals surface area contributed by atoms with Gasteiger partial charge in [0, 0.05) is 24.2 Å². The molecule has 0 aliphatic carbocycles. The zero-order chi connectivity index (χ0) is 23.9. The molecule has 0 spiro atoms. The van der Waals surface area contributed by atoms with Gasteiger partial charge in [-0.1, -0.05) is 19.1 Å². The molecule has 0 aliphatic heterocycles. The van der Waals surface area contributed by atoms with Gasteiger partial charge in [-0.05, 0) is 43.2 Å². The molecule has 0 aliphatic rings. The number of nitro groups is 1. The first-order chi connectivity index (χ1) is 15.0. The number of nitro benzene ring substituents is 1. The second kappa shape index (κ2) is 11.0. The van der Waals surface area contributed by atoms with Gasteiger partial charge in [-0.15, -0.1) is 11.8 Å². The molecule has 0 bridgehead atoms. The van der Waals surface area contributed by atoms with Crippen LogP contribution in [0, 0.1) is 10.1 Å². The first kappa shape index (κ1) is 25.2. The molecule has 2 aromatic carbocycles. The highest BCUT2D eigenvalue weighted by atomic mass is 32.2. The third-order valence-corrected chi connectivity index (χ3v) is 5.57. The van der Waals surface area contributed by atoms with Crippen LogP contribution >= 0.6 is 11.8 Å². The fourth-order valence-electron chi connectivity index (χ4n) is 2.59. The van der Waals surface area contributed by atoms with Gasteiger partial charge in [0.1, 0.15) is 0 Å². The van der Waals surface area contributed by atoms with Crippen molar-refractivity contribution < 1.29 is 27.7 Å². The summed E-state index contributed by atoms with van der Waals surface area (Å²) in [5, 5.41) is 16.6. The highest BCUT2D eigenvalue weighted by Crippen LogP contribution is 2.36. The Kier molecular flexibility index (Phi) is 8.64. The van der Waals surface area contributed by atoms with Crippen molar-refractivity contribution in [2.45, 2.75) is 43.9 Å². The Hall–Kier alpha value is -3.08. The Morgan fingerprint density at radius 2 is 1.91 bits per heavy atom. The highest BCUT2D eigenvalue weighted by molar-refractivity contribution is 8.00. The van der Waals surface area contributed by atoms with E-state index >= 15 is 0 Å². The molecule has 0 saturated heterocycles. The molecule has 32 heavy (non-hydrogen) atoms. The van der Waals surface area contributed by atoms with Gasteiger partial charge in [0.2, 0.25) is 5.91 Å². The molecule has 1 unspecified atom stereocenters. The number of carbonyl (C=O) groups excluding carboxylic acids is 2. The molecule has 0 saturated carbocycles. The second-order valence-corrected chi connectivity index (χ2v) is 8.00. The number of hydrogen-bond donors (Lipinski definition) is 2. The van der Waals surface area contributed by atoms with Gasteiger partial charge >= 0.3 is 6.18 Å². The van der Waals surface area contributed by atoms with Gasteiger partial charge in [0.25, 0.3) is 11.6 Å². The number of carbonyl (C=O) groups is 2. The number of rotatable bonds is 9. The number of halogens is 3. The van der Waals surface area contributed by atoms with E-state index in [1.165, 1.54) is 0 Å². The van der Waals surface area contributed by atoms with E-state index in [4.69, 9.17) is 0 Å². The summed E-state index contributed by atoms with van der Waals surface area (Å²) < 4.78 is 38.3. The van der Waals surface area contributed by atoms with Gasteiger partial charge in [-0.3, -0.25) is 19.7 Å². The van der Waals surface area contributed by atoms with Gasteiger partial charge in [0.15, 0.2) is 0 Å². The molecule has 2 N–H and O–H groups in total. The van der Waals surface area contributed by atoms with Crippen LogP contribution in [0.2, 0.25) is 0 Å². The average Bonchev–Trinajstić information content (AvgIpc) is 2.75. The zero-order valence-electron chi connectivity index (χ0n) is 17.4. The Bertz CT molecular complexity index is 998. The van der Waals surface area contributed by atoms with Crippen LogP contribution in [-0.2, 0) is 17.5 Å². The summed E-state index contributed by atoms with van der Waals surface area (Å²) in [7, 11) is 0. The molecule has 1 atom stereocenters. The van der Waals surface area contributed by atoms with Crippen LogP contribution in [-0.4, -0.2) is 28.5 Å². The van der Waals surface area contributed by atoms with Crippen molar-refractivity contribution in [3.63, 3.8) is 0 Å². The predicted octanol–water partition coefficient (Wildman–Crippen LogP) is 4.55. The fraction of sp³-hybridized carbons (Fsp3) is 0.333. The van der Waals surface area contributed by atoms with Crippen LogP contribution in [0.4, 0.5) is 18.9 Å². The average molecular weight is 469 g/mol. The van der Waals surface area contributed by atoms with Crippen molar-refractivity contribution in [2.75, 3.05) is 5.75 Å². The SMILES string of the molecule is CCC(C)NC(=O)c1cccc(CNC(=O)CSc2ccc(C(F)(F)F)cc2[N+](=O)[O-])c1. The lowest BCUT2D eigenvalue weighted by Crippen LogP contribution is -2.32. The maximum absolute atomic E-state index is 12.8. The molecule has 0 heterocycles. The van der Waals surface area contributed by atoms with Gasteiger partial charge < -0.3 is 10.6 Å².